The van der Waals surface area contributed by atoms with Gasteiger partial charge in [-0.3, -0.25) is 9.59 Å². The highest BCUT2D eigenvalue weighted by atomic mass is 16.2. The molecule has 1 aromatic heterocycles. The van der Waals surface area contributed by atoms with Crippen molar-refractivity contribution < 1.29 is 9.59 Å². The van der Waals surface area contributed by atoms with Crippen LogP contribution in [0.2, 0.25) is 0 Å². The molecule has 0 aliphatic heterocycles. The number of hydrogen-bond donors (Lipinski definition) is 3. The first-order valence-electron chi connectivity index (χ1n) is 8.10. The molecule has 1 heterocycles. The van der Waals surface area contributed by atoms with E-state index in [4.69, 9.17) is 0 Å². The van der Waals surface area contributed by atoms with Crippen molar-refractivity contribution in [3.05, 3.63) is 41.6 Å². The Morgan fingerprint density at radius 1 is 1.12 bits per heavy atom. The van der Waals surface area contributed by atoms with E-state index < -0.39 is 0 Å². The summed E-state index contributed by atoms with van der Waals surface area (Å²) >= 11 is 0. The van der Waals surface area contributed by atoms with Crippen LogP contribution in [0.15, 0.2) is 30.3 Å². The highest BCUT2D eigenvalue weighted by molar-refractivity contribution is 5.96. The molecule has 0 radical (unpaired) electrons. The van der Waals surface area contributed by atoms with Gasteiger partial charge >= 0.3 is 0 Å². The summed E-state index contributed by atoms with van der Waals surface area (Å²) in [4.78, 5) is 32.5. The van der Waals surface area contributed by atoms with Crippen LogP contribution in [-0.2, 0) is 4.79 Å². The van der Waals surface area contributed by atoms with Crippen molar-refractivity contribution in [3.8, 4) is 11.4 Å². The summed E-state index contributed by atoms with van der Waals surface area (Å²) < 4.78 is 0. The molecule has 2 aromatic rings. The normalized spacial score (nSPS) is 10.4. The lowest BCUT2D eigenvalue weighted by Gasteiger charge is -2.10. The van der Waals surface area contributed by atoms with Gasteiger partial charge in [0.25, 0.3) is 5.91 Å². The maximum Gasteiger partial charge on any atom is 0.251 e. The lowest BCUT2D eigenvalue weighted by atomic mass is 10.1. The molecule has 0 spiro atoms. The summed E-state index contributed by atoms with van der Waals surface area (Å²) in [6.45, 7) is 5.58. The Morgan fingerprint density at radius 3 is 2.40 bits per heavy atom. The second-order valence-electron chi connectivity index (χ2n) is 5.95. The van der Waals surface area contributed by atoms with E-state index in [1.165, 1.54) is 0 Å². The lowest BCUT2D eigenvalue weighted by molar-refractivity contribution is -0.120. The highest BCUT2D eigenvalue weighted by Crippen LogP contribution is 2.18. The average Bonchev–Trinajstić information content (AvgIpc) is 2.58. The number of nitrogens with one attached hydrogen (secondary N) is 3. The summed E-state index contributed by atoms with van der Waals surface area (Å²) in [5, 5.41) is 8.31. The van der Waals surface area contributed by atoms with Crippen molar-refractivity contribution in [1.82, 2.24) is 20.6 Å². The number of hydrogen-bond acceptors (Lipinski definition) is 5. The molecule has 0 saturated carbocycles. The van der Waals surface area contributed by atoms with Gasteiger partial charge in [0.15, 0.2) is 5.82 Å². The molecule has 7 nitrogen and oxygen atoms in total. The van der Waals surface area contributed by atoms with Crippen molar-refractivity contribution in [2.24, 2.45) is 0 Å². The fourth-order valence-corrected chi connectivity index (χ4v) is 2.23. The molecule has 3 N–H and O–H groups in total. The monoisotopic (exact) mass is 341 g/mol. The summed E-state index contributed by atoms with van der Waals surface area (Å²) in [6.07, 6.45) is 0. The minimum absolute atomic E-state index is 0.0421. The fourth-order valence-electron chi connectivity index (χ4n) is 2.23. The molecule has 7 heteroatoms. The van der Waals surface area contributed by atoms with Gasteiger partial charge in [-0.25, -0.2) is 9.97 Å². The second kappa shape index (κ2) is 8.23. The van der Waals surface area contributed by atoms with Crippen molar-refractivity contribution in [2.75, 3.05) is 18.9 Å². The molecule has 0 saturated heterocycles. The molecule has 0 unspecified atom stereocenters. The van der Waals surface area contributed by atoms with Gasteiger partial charge in [0.05, 0.1) is 6.54 Å². The minimum Gasteiger partial charge on any atom is -0.373 e. The van der Waals surface area contributed by atoms with Crippen LogP contribution in [-0.4, -0.2) is 41.4 Å². The third kappa shape index (κ3) is 5.27. The number of rotatable bonds is 6. The van der Waals surface area contributed by atoms with Gasteiger partial charge in [-0.05, 0) is 32.9 Å². The van der Waals surface area contributed by atoms with E-state index in [0.29, 0.717) is 11.4 Å². The van der Waals surface area contributed by atoms with E-state index in [-0.39, 0.29) is 24.4 Å². The Balaban J connectivity index is 2.05. The zero-order valence-corrected chi connectivity index (χ0v) is 14.9. The molecule has 2 rings (SSSR count). The zero-order valence-electron chi connectivity index (χ0n) is 14.9. The van der Waals surface area contributed by atoms with Gasteiger partial charge in [0.1, 0.15) is 5.82 Å². The van der Waals surface area contributed by atoms with Crippen LogP contribution >= 0.6 is 0 Å². The SMILES string of the molecule is CNc1cc(C)nc(-c2ccc(C(=O)NCC(=O)NC(C)C)cc2)n1. The molecule has 132 valence electrons. The third-order valence-electron chi connectivity index (χ3n) is 3.37. The summed E-state index contributed by atoms with van der Waals surface area (Å²) in [5.74, 6) is 0.812. The minimum atomic E-state index is -0.300. The molecule has 25 heavy (non-hydrogen) atoms. The number of aromatic nitrogens is 2. The molecule has 0 aliphatic carbocycles. The van der Waals surface area contributed by atoms with Gasteiger partial charge in [-0.2, -0.15) is 0 Å². The molecule has 0 aliphatic rings. The molecule has 0 fully saturated rings. The molecule has 1 aromatic carbocycles. The Kier molecular flexibility index (Phi) is 6.05. The topological polar surface area (TPSA) is 96.0 Å². The molecule has 2 amide bonds. The predicted molar refractivity (Wildman–Crippen MR) is 97.4 cm³/mol. The maximum absolute atomic E-state index is 12.1. The van der Waals surface area contributed by atoms with E-state index >= 15 is 0 Å². The standard InChI is InChI=1S/C18H23N5O2/c1-11(2)21-16(24)10-20-18(25)14-7-5-13(6-8-14)17-22-12(3)9-15(19-4)23-17/h5-9,11H,10H2,1-4H3,(H,20,25)(H,21,24)(H,19,22,23). The number of anilines is 1. The summed E-state index contributed by atoms with van der Waals surface area (Å²) in [7, 11) is 1.80. The highest BCUT2D eigenvalue weighted by Gasteiger charge is 2.10. The van der Waals surface area contributed by atoms with Crippen LogP contribution in [0.5, 0.6) is 0 Å². The summed E-state index contributed by atoms with van der Waals surface area (Å²) in [5.41, 5.74) is 2.14. The van der Waals surface area contributed by atoms with Crippen LogP contribution < -0.4 is 16.0 Å². The van der Waals surface area contributed by atoms with Crippen LogP contribution in [0.3, 0.4) is 0 Å². The number of benzene rings is 1. The van der Waals surface area contributed by atoms with Crippen molar-refractivity contribution in [2.45, 2.75) is 26.8 Å². The second-order valence-corrected chi connectivity index (χ2v) is 5.95. The van der Waals surface area contributed by atoms with Crippen LogP contribution in [0.4, 0.5) is 5.82 Å². The van der Waals surface area contributed by atoms with E-state index in [9.17, 15) is 9.59 Å². The quantitative estimate of drug-likeness (QED) is 0.744. The van der Waals surface area contributed by atoms with E-state index in [2.05, 4.69) is 25.9 Å². The number of carbonyl (C=O) groups excluding carboxylic acids is 2. The van der Waals surface area contributed by atoms with Crippen molar-refractivity contribution in [3.63, 3.8) is 0 Å². The fraction of sp³-hybridized carbons (Fsp3) is 0.333. The Bertz CT molecular complexity index is 757. The van der Waals surface area contributed by atoms with E-state index in [1.54, 1.807) is 31.3 Å². The lowest BCUT2D eigenvalue weighted by Crippen LogP contribution is -2.39. The van der Waals surface area contributed by atoms with Crippen molar-refractivity contribution >= 4 is 17.6 Å². The first-order valence-corrected chi connectivity index (χ1v) is 8.10. The number of aryl methyl sites for hydroxylation is 1. The van der Waals surface area contributed by atoms with Gasteiger partial charge in [0.2, 0.25) is 5.91 Å². The number of amides is 2. The largest absolute Gasteiger partial charge is 0.373 e. The van der Waals surface area contributed by atoms with Gasteiger partial charge in [-0.1, -0.05) is 12.1 Å². The smallest absolute Gasteiger partial charge is 0.251 e. The first-order chi connectivity index (χ1) is 11.9. The van der Waals surface area contributed by atoms with Gasteiger partial charge < -0.3 is 16.0 Å². The summed E-state index contributed by atoms with van der Waals surface area (Å²) in [6, 6.07) is 8.86. The van der Waals surface area contributed by atoms with Crippen LogP contribution in [0.1, 0.15) is 29.9 Å². The number of carbonyl (C=O) groups is 2. The van der Waals surface area contributed by atoms with Gasteiger partial charge in [0, 0.05) is 36.0 Å². The first kappa shape index (κ1) is 18.4. The van der Waals surface area contributed by atoms with E-state index in [1.807, 2.05) is 26.8 Å². The molecular weight excluding hydrogens is 318 g/mol. The van der Waals surface area contributed by atoms with Crippen LogP contribution in [0.25, 0.3) is 11.4 Å². The zero-order chi connectivity index (χ0) is 18.4. The average molecular weight is 341 g/mol. The molecule has 0 atom stereocenters. The van der Waals surface area contributed by atoms with Crippen LogP contribution in [0, 0.1) is 6.92 Å². The van der Waals surface area contributed by atoms with Crippen molar-refractivity contribution in [1.29, 1.82) is 0 Å². The Morgan fingerprint density at radius 2 is 1.80 bits per heavy atom. The maximum atomic E-state index is 12.1. The number of nitrogens with zero attached hydrogens (tertiary/aromatic N) is 2. The van der Waals surface area contributed by atoms with E-state index in [0.717, 1.165) is 17.1 Å². The van der Waals surface area contributed by atoms with Gasteiger partial charge in [-0.15, -0.1) is 0 Å². The third-order valence-corrected chi connectivity index (χ3v) is 3.37. The molecular formula is C18H23N5O2. The predicted octanol–water partition coefficient (Wildman–Crippen LogP) is 1.75. The molecule has 0 bridgehead atoms. The Hall–Kier alpha value is -2.96. The Labute approximate surface area is 147 Å².